The summed E-state index contributed by atoms with van der Waals surface area (Å²) < 4.78 is 1.86. The number of carbonyl (C=O) groups is 1. The van der Waals surface area contributed by atoms with Gasteiger partial charge in [0.15, 0.2) is 5.69 Å². The van der Waals surface area contributed by atoms with Crippen LogP contribution in [0.2, 0.25) is 0 Å². The van der Waals surface area contributed by atoms with Gasteiger partial charge >= 0.3 is 0 Å². The molecule has 0 bridgehead atoms. The SMILES string of the molecule is Cc1ccc(-n2nc(C(=O)Nc3cc(C)cc(C)c3)cc2-c2cccc3ccccc23)cc1. The summed E-state index contributed by atoms with van der Waals surface area (Å²) in [5, 5.41) is 10.0. The third kappa shape index (κ3) is 4.15. The Hall–Kier alpha value is -4.18. The second-order valence-corrected chi connectivity index (χ2v) is 8.52. The van der Waals surface area contributed by atoms with Gasteiger partial charge in [-0.2, -0.15) is 5.10 Å². The highest BCUT2D eigenvalue weighted by atomic mass is 16.1. The Balaban J connectivity index is 1.63. The van der Waals surface area contributed by atoms with Crippen LogP contribution in [0, 0.1) is 20.8 Å². The minimum atomic E-state index is -0.229. The molecule has 4 aromatic carbocycles. The zero-order valence-electron chi connectivity index (χ0n) is 19.0. The predicted molar refractivity (Wildman–Crippen MR) is 135 cm³/mol. The Labute approximate surface area is 193 Å². The lowest BCUT2D eigenvalue weighted by atomic mass is 10.0. The number of nitrogens with zero attached hydrogens (tertiary/aromatic N) is 2. The van der Waals surface area contributed by atoms with Gasteiger partial charge in [-0.15, -0.1) is 0 Å². The molecule has 0 atom stereocenters. The third-order valence-electron chi connectivity index (χ3n) is 5.77. The summed E-state index contributed by atoms with van der Waals surface area (Å²) in [5.74, 6) is -0.229. The summed E-state index contributed by atoms with van der Waals surface area (Å²) in [4.78, 5) is 13.2. The first kappa shape index (κ1) is 20.7. The number of fused-ring (bicyclic) bond motifs is 1. The van der Waals surface area contributed by atoms with Crippen molar-refractivity contribution in [2.24, 2.45) is 0 Å². The number of rotatable bonds is 4. The van der Waals surface area contributed by atoms with E-state index in [1.807, 2.05) is 67.1 Å². The van der Waals surface area contributed by atoms with Gasteiger partial charge < -0.3 is 5.32 Å². The molecule has 0 unspecified atom stereocenters. The fourth-order valence-corrected chi connectivity index (χ4v) is 4.26. The van der Waals surface area contributed by atoms with Gasteiger partial charge in [-0.3, -0.25) is 4.79 Å². The molecule has 0 saturated carbocycles. The second-order valence-electron chi connectivity index (χ2n) is 8.52. The van der Waals surface area contributed by atoms with Gasteiger partial charge in [-0.25, -0.2) is 4.68 Å². The molecule has 0 saturated heterocycles. The molecule has 0 aliphatic carbocycles. The van der Waals surface area contributed by atoms with E-state index in [4.69, 9.17) is 5.10 Å². The first-order valence-corrected chi connectivity index (χ1v) is 11.0. The van der Waals surface area contributed by atoms with Gasteiger partial charge in [0, 0.05) is 11.3 Å². The Morgan fingerprint density at radius 2 is 1.45 bits per heavy atom. The molecule has 1 N–H and O–H groups in total. The number of hydrogen-bond donors (Lipinski definition) is 1. The summed E-state index contributed by atoms with van der Waals surface area (Å²) in [6.45, 7) is 6.10. The highest BCUT2D eigenvalue weighted by Crippen LogP contribution is 2.31. The average molecular weight is 432 g/mol. The maximum Gasteiger partial charge on any atom is 0.276 e. The highest BCUT2D eigenvalue weighted by molar-refractivity contribution is 6.04. The molecule has 0 aliphatic heterocycles. The first-order valence-electron chi connectivity index (χ1n) is 11.0. The molecule has 1 heterocycles. The van der Waals surface area contributed by atoms with Gasteiger partial charge in [-0.05, 0) is 73.0 Å². The van der Waals surface area contributed by atoms with Crippen molar-refractivity contribution in [1.82, 2.24) is 9.78 Å². The molecular formula is C29H25N3O. The fourth-order valence-electron chi connectivity index (χ4n) is 4.26. The fraction of sp³-hybridized carbons (Fsp3) is 0.103. The number of benzene rings is 4. The highest BCUT2D eigenvalue weighted by Gasteiger charge is 2.18. The van der Waals surface area contributed by atoms with E-state index in [9.17, 15) is 4.79 Å². The molecular weight excluding hydrogens is 406 g/mol. The van der Waals surface area contributed by atoms with E-state index >= 15 is 0 Å². The number of nitrogens with one attached hydrogen (secondary N) is 1. The molecule has 0 fully saturated rings. The number of amides is 1. The molecule has 5 rings (SSSR count). The van der Waals surface area contributed by atoms with Gasteiger partial charge in [0.05, 0.1) is 11.4 Å². The Morgan fingerprint density at radius 3 is 2.21 bits per heavy atom. The largest absolute Gasteiger partial charge is 0.321 e. The van der Waals surface area contributed by atoms with E-state index in [0.29, 0.717) is 5.69 Å². The van der Waals surface area contributed by atoms with Crippen LogP contribution in [-0.4, -0.2) is 15.7 Å². The van der Waals surface area contributed by atoms with Crippen LogP contribution < -0.4 is 5.32 Å². The van der Waals surface area contributed by atoms with Crippen LogP contribution in [0.4, 0.5) is 5.69 Å². The lowest BCUT2D eigenvalue weighted by molar-refractivity contribution is 0.102. The summed E-state index contributed by atoms with van der Waals surface area (Å²) in [5.41, 5.74) is 7.35. The summed E-state index contributed by atoms with van der Waals surface area (Å²) in [7, 11) is 0. The van der Waals surface area contributed by atoms with Crippen molar-refractivity contribution in [2.75, 3.05) is 5.32 Å². The molecule has 33 heavy (non-hydrogen) atoms. The van der Waals surface area contributed by atoms with E-state index in [1.165, 1.54) is 5.56 Å². The van der Waals surface area contributed by atoms with Crippen LogP contribution in [-0.2, 0) is 0 Å². The van der Waals surface area contributed by atoms with Crippen LogP contribution in [0.3, 0.4) is 0 Å². The number of hydrogen-bond acceptors (Lipinski definition) is 2. The molecule has 1 amide bonds. The Morgan fingerprint density at radius 1 is 0.758 bits per heavy atom. The van der Waals surface area contributed by atoms with Crippen molar-refractivity contribution in [3.63, 3.8) is 0 Å². The van der Waals surface area contributed by atoms with E-state index in [2.05, 4.69) is 54.7 Å². The smallest absolute Gasteiger partial charge is 0.276 e. The molecule has 0 spiro atoms. The van der Waals surface area contributed by atoms with Crippen LogP contribution in [0.5, 0.6) is 0 Å². The molecule has 4 nitrogen and oxygen atoms in total. The summed E-state index contributed by atoms with van der Waals surface area (Å²) in [6.07, 6.45) is 0. The van der Waals surface area contributed by atoms with Gasteiger partial charge in [-0.1, -0.05) is 66.2 Å². The number of anilines is 1. The Bertz CT molecular complexity index is 1450. The second kappa shape index (κ2) is 8.40. The average Bonchev–Trinajstić information content (AvgIpc) is 3.24. The van der Waals surface area contributed by atoms with Gasteiger partial charge in [0.25, 0.3) is 5.91 Å². The normalized spacial score (nSPS) is 11.0. The zero-order valence-corrected chi connectivity index (χ0v) is 19.0. The van der Waals surface area contributed by atoms with E-state index < -0.39 is 0 Å². The van der Waals surface area contributed by atoms with Crippen molar-refractivity contribution in [2.45, 2.75) is 20.8 Å². The minimum Gasteiger partial charge on any atom is -0.321 e. The monoisotopic (exact) mass is 431 g/mol. The van der Waals surface area contributed by atoms with Crippen molar-refractivity contribution in [3.8, 4) is 16.9 Å². The molecule has 5 aromatic rings. The third-order valence-corrected chi connectivity index (χ3v) is 5.77. The first-order chi connectivity index (χ1) is 16.0. The lowest BCUT2D eigenvalue weighted by Crippen LogP contribution is -2.13. The standard InChI is InChI=1S/C29H25N3O/c1-19-11-13-24(14-12-19)32-28(26-10-6-8-22-7-4-5-9-25(22)26)18-27(31-32)29(33)30-23-16-20(2)15-21(3)17-23/h4-18H,1-3H3,(H,30,33). The van der Waals surface area contributed by atoms with Gasteiger partial charge in [0.2, 0.25) is 0 Å². The topological polar surface area (TPSA) is 46.9 Å². The predicted octanol–water partition coefficient (Wildman–Crippen LogP) is 6.87. The maximum absolute atomic E-state index is 13.2. The van der Waals surface area contributed by atoms with Crippen molar-refractivity contribution in [3.05, 3.63) is 113 Å². The number of aromatic nitrogens is 2. The molecule has 162 valence electrons. The quantitative estimate of drug-likeness (QED) is 0.337. The minimum absolute atomic E-state index is 0.229. The maximum atomic E-state index is 13.2. The lowest BCUT2D eigenvalue weighted by Gasteiger charge is -2.10. The summed E-state index contributed by atoms with van der Waals surface area (Å²) in [6, 6.07) is 30.5. The molecule has 0 aliphatic rings. The number of aryl methyl sites for hydroxylation is 3. The van der Waals surface area contributed by atoms with E-state index in [-0.39, 0.29) is 5.91 Å². The van der Waals surface area contributed by atoms with Crippen LogP contribution in [0.1, 0.15) is 27.2 Å². The molecule has 0 radical (unpaired) electrons. The van der Waals surface area contributed by atoms with E-state index in [1.54, 1.807) is 0 Å². The number of carbonyl (C=O) groups excluding carboxylic acids is 1. The summed E-state index contributed by atoms with van der Waals surface area (Å²) >= 11 is 0. The molecule has 1 aromatic heterocycles. The van der Waals surface area contributed by atoms with E-state index in [0.717, 1.165) is 44.5 Å². The molecule has 4 heteroatoms. The zero-order chi connectivity index (χ0) is 22.9. The van der Waals surface area contributed by atoms with Crippen LogP contribution >= 0.6 is 0 Å². The van der Waals surface area contributed by atoms with Gasteiger partial charge in [0.1, 0.15) is 0 Å². The van der Waals surface area contributed by atoms with Crippen molar-refractivity contribution < 1.29 is 4.79 Å². The van der Waals surface area contributed by atoms with Crippen molar-refractivity contribution in [1.29, 1.82) is 0 Å². The van der Waals surface area contributed by atoms with Crippen LogP contribution in [0.25, 0.3) is 27.7 Å². The van der Waals surface area contributed by atoms with Crippen LogP contribution in [0.15, 0.2) is 91.0 Å². The van der Waals surface area contributed by atoms with Crippen molar-refractivity contribution >= 4 is 22.4 Å². The Kier molecular flexibility index (Phi) is 5.27.